The number of hydrogen-bond donors (Lipinski definition) is 0. The second-order valence-electron chi connectivity index (χ2n) is 6.36. The van der Waals surface area contributed by atoms with Gasteiger partial charge in [0.1, 0.15) is 17.2 Å². The van der Waals surface area contributed by atoms with Crippen LogP contribution < -0.4 is 4.74 Å². The van der Waals surface area contributed by atoms with Gasteiger partial charge in [0.25, 0.3) is 0 Å². The highest BCUT2D eigenvalue weighted by atomic mass is 32.2. The molecular weight excluding hydrogens is 418 g/mol. The minimum absolute atomic E-state index is 0.255. The largest absolute Gasteiger partial charge is 0.489 e. The van der Waals surface area contributed by atoms with E-state index in [1.54, 1.807) is 31.5 Å². The smallest absolute Gasteiger partial charge is 0.349 e. The summed E-state index contributed by atoms with van der Waals surface area (Å²) in [4.78, 5) is 18.1. The summed E-state index contributed by atoms with van der Waals surface area (Å²) in [5, 5.41) is 0.765. The third-order valence-electron chi connectivity index (χ3n) is 4.37. The summed E-state index contributed by atoms with van der Waals surface area (Å²) in [5.74, 6) is 0.213. The Kier molecular flexibility index (Phi) is 6.21. The SMILES string of the molecule is CCOC(=O)c1sc2cc(OCc3ccncc3)ccc2c1S(=O)c1ccccc1. The molecule has 5 nitrogen and oxygen atoms in total. The van der Waals surface area contributed by atoms with Crippen LogP contribution in [-0.2, 0) is 22.1 Å². The molecular formula is C23H19NO4S2. The molecule has 0 saturated heterocycles. The van der Waals surface area contributed by atoms with Crippen LogP contribution in [-0.4, -0.2) is 21.8 Å². The van der Waals surface area contributed by atoms with E-state index in [-0.39, 0.29) is 6.61 Å². The number of fused-ring (bicyclic) bond motifs is 1. The van der Waals surface area contributed by atoms with Gasteiger partial charge in [-0.15, -0.1) is 11.3 Å². The van der Waals surface area contributed by atoms with Crippen LogP contribution in [0.4, 0.5) is 0 Å². The molecule has 0 bridgehead atoms. The summed E-state index contributed by atoms with van der Waals surface area (Å²) in [6.07, 6.45) is 3.44. The Labute approximate surface area is 180 Å². The van der Waals surface area contributed by atoms with Crippen molar-refractivity contribution in [3.63, 3.8) is 0 Å². The van der Waals surface area contributed by atoms with Crippen molar-refractivity contribution in [2.24, 2.45) is 0 Å². The first-order chi connectivity index (χ1) is 14.7. The van der Waals surface area contributed by atoms with Gasteiger partial charge in [-0.25, -0.2) is 9.00 Å². The Morgan fingerprint density at radius 1 is 1.07 bits per heavy atom. The van der Waals surface area contributed by atoms with Crippen LogP contribution in [0, 0.1) is 0 Å². The van der Waals surface area contributed by atoms with Crippen LogP contribution in [0.15, 0.2) is 82.8 Å². The molecule has 0 radical (unpaired) electrons. The average molecular weight is 438 g/mol. The minimum atomic E-state index is -1.50. The summed E-state index contributed by atoms with van der Waals surface area (Å²) in [5.41, 5.74) is 1.01. The molecule has 0 aliphatic carbocycles. The maximum Gasteiger partial charge on any atom is 0.349 e. The molecule has 0 fully saturated rings. The van der Waals surface area contributed by atoms with Crippen molar-refractivity contribution < 1.29 is 18.5 Å². The topological polar surface area (TPSA) is 65.5 Å². The van der Waals surface area contributed by atoms with Gasteiger partial charge in [0.05, 0.1) is 22.3 Å². The number of pyridine rings is 1. The second kappa shape index (κ2) is 9.19. The van der Waals surface area contributed by atoms with E-state index < -0.39 is 16.8 Å². The number of nitrogens with zero attached hydrogens (tertiary/aromatic N) is 1. The number of carbonyl (C=O) groups excluding carboxylic acids is 1. The summed E-state index contributed by atoms with van der Waals surface area (Å²) in [6, 6.07) is 18.5. The third-order valence-corrected chi connectivity index (χ3v) is 7.13. The lowest BCUT2D eigenvalue weighted by Crippen LogP contribution is -2.06. The predicted molar refractivity (Wildman–Crippen MR) is 117 cm³/mol. The van der Waals surface area contributed by atoms with E-state index in [2.05, 4.69) is 4.98 Å². The van der Waals surface area contributed by atoms with Gasteiger partial charge < -0.3 is 9.47 Å². The van der Waals surface area contributed by atoms with E-state index in [1.807, 2.05) is 48.5 Å². The zero-order valence-electron chi connectivity index (χ0n) is 16.2. The Bertz CT molecular complexity index is 1190. The van der Waals surface area contributed by atoms with E-state index in [4.69, 9.17) is 9.47 Å². The zero-order valence-corrected chi connectivity index (χ0v) is 17.9. The van der Waals surface area contributed by atoms with Gasteiger partial charge in [0, 0.05) is 27.4 Å². The number of benzene rings is 2. The van der Waals surface area contributed by atoms with Gasteiger partial charge in [0.15, 0.2) is 0 Å². The molecule has 2 heterocycles. The maximum atomic E-state index is 13.3. The molecule has 30 heavy (non-hydrogen) atoms. The highest BCUT2D eigenvalue weighted by molar-refractivity contribution is 7.85. The molecule has 4 rings (SSSR count). The van der Waals surface area contributed by atoms with Gasteiger partial charge in [-0.1, -0.05) is 18.2 Å². The summed E-state index contributed by atoms with van der Waals surface area (Å²) >= 11 is 1.27. The predicted octanol–water partition coefficient (Wildman–Crippen LogP) is 5.22. The molecule has 2 aromatic heterocycles. The fourth-order valence-electron chi connectivity index (χ4n) is 2.97. The van der Waals surface area contributed by atoms with Gasteiger partial charge in [-0.2, -0.15) is 0 Å². The molecule has 1 atom stereocenters. The molecule has 152 valence electrons. The Morgan fingerprint density at radius 3 is 2.57 bits per heavy atom. The van der Waals surface area contributed by atoms with Gasteiger partial charge in [-0.3, -0.25) is 4.98 Å². The van der Waals surface area contributed by atoms with Gasteiger partial charge in [0.2, 0.25) is 0 Å². The minimum Gasteiger partial charge on any atom is -0.489 e. The van der Waals surface area contributed by atoms with Crippen molar-refractivity contribution in [2.75, 3.05) is 6.61 Å². The van der Waals surface area contributed by atoms with Crippen LogP contribution in [0.3, 0.4) is 0 Å². The van der Waals surface area contributed by atoms with Crippen molar-refractivity contribution in [3.05, 3.63) is 83.5 Å². The summed E-state index contributed by atoms with van der Waals surface area (Å²) in [6.45, 7) is 2.42. The molecule has 0 N–H and O–H groups in total. The number of aromatic nitrogens is 1. The number of ether oxygens (including phenoxy) is 2. The lowest BCUT2D eigenvalue weighted by Gasteiger charge is -2.07. The third kappa shape index (κ3) is 4.27. The molecule has 2 aromatic carbocycles. The highest BCUT2D eigenvalue weighted by Gasteiger charge is 2.25. The first-order valence-corrected chi connectivity index (χ1v) is 11.4. The Hall–Kier alpha value is -3.03. The second-order valence-corrected chi connectivity index (χ2v) is 8.83. The molecule has 0 saturated carbocycles. The molecule has 4 aromatic rings. The van der Waals surface area contributed by atoms with E-state index in [0.717, 1.165) is 15.6 Å². The normalized spacial score (nSPS) is 11.9. The van der Waals surface area contributed by atoms with Crippen molar-refractivity contribution in [2.45, 2.75) is 23.3 Å². The highest BCUT2D eigenvalue weighted by Crippen LogP contribution is 2.38. The van der Waals surface area contributed by atoms with Crippen molar-refractivity contribution in [1.29, 1.82) is 0 Å². The van der Waals surface area contributed by atoms with E-state index in [9.17, 15) is 9.00 Å². The lowest BCUT2D eigenvalue weighted by molar-refractivity contribution is 0.0528. The van der Waals surface area contributed by atoms with Gasteiger partial charge in [-0.05, 0) is 55.0 Å². The Morgan fingerprint density at radius 2 is 1.83 bits per heavy atom. The first-order valence-electron chi connectivity index (χ1n) is 9.39. The lowest BCUT2D eigenvalue weighted by atomic mass is 10.2. The van der Waals surface area contributed by atoms with Crippen molar-refractivity contribution >= 4 is 38.2 Å². The summed E-state index contributed by atoms with van der Waals surface area (Å²) in [7, 11) is -1.50. The number of esters is 1. The monoisotopic (exact) mass is 437 g/mol. The quantitative estimate of drug-likeness (QED) is 0.371. The van der Waals surface area contributed by atoms with E-state index in [1.165, 1.54) is 11.3 Å². The standard InChI is InChI=1S/C23H19NO4S2/c1-2-27-23(25)21-22(30(26)18-6-4-3-5-7-18)19-9-8-17(14-20(19)29-21)28-15-16-10-12-24-13-11-16/h3-14H,2,15H2,1H3. The number of hydrogen-bond acceptors (Lipinski definition) is 6. The van der Waals surface area contributed by atoms with E-state index >= 15 is 0 Å². The number of carbonyl (C=O) groups is 1. The molecule has 0 spiro atoms. The van der Waals surface area contributed by atoms with E-state index in [0.29, 0.717) is 27.0 Å². The summed E-state index contributed by atoms with van der Waals surface area (Å²) < 4.78 is 25.3. The van der Waals surface area contributed by atoms with Crippen LogP contribution in [0.25, 0.3) is 10.1 Å². The molecule has 1 unspecified atom stereocenters. The average Bonchev–Trinajstić information content (AvgIpc) is 3.17. The number of thiophene rings is 1. The number of rotatable bonds is 7. The zero-order chi connectivity index (χ0) is 20.9. The van der Waals surface area contributed by atoms with Crippen LogP contribution in [0.2, 0.25) is 0 Å². The van der Waals surface area contributed by atoms with Crippen molar-refractivity contribution in [3.8, 4) is 5.75 Å². The van der Waals surface area contributed by atoms with Gasteiger partial charge >= 0.3 is 5.97 Å². The molecule has 0 aliphatic heterocycles. The first kappa shape index (κ1) is 20.3. The van der Waals surface area contributed by atoms with Crippen LogP contribution in [0.1, 0.15) is 22.2 Å². The molecule has 0 aliphatic rings. The molecule has 0 amide bonds. The fourth-order valence-corrected chi connectivity index (χ4v) is 5.67. The van der Waals surface area contributed by atoms with Crippen LogP contribution >= 0.6 is 11.3 Å². The Balaban J connectivity index is 1.72. The van der Waals surface area contributed by atoms with Crippen molar-refractivity contribution in [1.82, 2.24) is 4.98 Å². The molecule has 7 heteroatoms. The van der Waals surface area contributed by atoms with Crippen LogP contribution in [0.5, 0.6) is 5.75 Å². The maximum absolute atomic E-state index is 13.3. The fraction of sp³-hybridized carbons (Fsp3) is 0.130.